The first-order valence-corrected chi connectivity index (χ1v) is 14.3. The molecule has 226 valence electrons. The summed E-state index contributed by atoms with van der Waals surface area (Å²) >= 11 is 0. The number of hydrogen-bond acceptors (Lipinski definition) is 18. The van der Waals surface area contributed by atoms with Crippen molar-refractivity contribution in [3.63, 3.8) is 0 Å². The maximum absolute atomic E-state index is 12.3. The van der Waals surface area contributed by atoms with E-state index >= 15 is 0 Å². The summed E-state index contributed by atoms with van der Waals surface area (Å²) in [4.78, 5) is 31.6. The van der Waals surface area contributed by atoms with Crippen LogP contribution in [0.1, 0.15) is 6.23 Å². The van der Waals surface area contributed by atoms with Gasteiger partial charge in [-0.25, -0.2) is 24.1 Å². The molecule has 2 aromatic rings. The lowest BCUT2D eigenvalue weighted by Gasteiger charge is -2.41. The Kier molecular flexibility index (Phi) is 9.25. The number of nitrogens with zero attached hydrogens (tertiary/aromatic N) is 4. The number of rotatable bonds is 10. The zero-order chi connectivity index (χ0) is 29.6. The third kappa shape index (κ3) is 6.35. The smallest absolute Gasteiger partial charge is 0.394 e. The van der Waals surface area contributed by atoms with Crippen LogP contribution >= 0.6 is 15.6 Å². The lowest BCUT2D eigenvalue weighted by atomic mass is 9.96. The first-order valence-electron chi connectivity index (χ1n) is 11.3. The molecule has 2 aliphatic heterocycles. The number of aliphatic hydroxyl groups is 7. The molecule has 3 unspecified atom stereocenters. The van der Waals surface area contributed by atoms with E-state index in [0.29, 0.717) is 0 Å². The molecule has 21 nitrogen and oxygen atoms in total. The van der Waals surface area contributed by atoms with Gasteiger partial charge in [-0.2, -0.15) is 4.31 Å². The molecular formula is C17H27N5O16P2. The van der Waals surface area contributed by atoms with Crippen molar-refractivity contribution in [1.29, 1.82) is 0 Å². The Balaban J connectivity index is 1.38. The van der Waals surface area contributed by atoms with Gasteiger partial charge in [0.25, 0.3) is 0 Å². The van der Waals surface area contributed by atoms with Gasteiger partial charge >= 0.3 is 15.6 Å². The maximum atomic E-state index is 12.3. The fraction of sp³-hybridized carbons (Fsp3) is 0.706. The van der Waals surface area contributed by atoms with Crippen LogP contribution in [0.15, 0.2) is 12.7 Å². The third-order valence-electron chi connectivity index (χ3n) is 6.02. The Morgan fingerprint density at radius 3 is 2.35 bits per heavy atom. The molecule has 4 heterocycles. The van der Waals surface area contributed by atoms with Gasteiger partial charge in [-0.3, -0.25) is 13.6 Å². The second-order valence-corrected chi connectivity index (χ2v) is 11.7. The van der Waals surface area contributed by atoms with Gasteiger partial charge in [0.05, 0.1) is 19.5 Å². The quantitative estimate of drug-likeness (QED) is 0.112. The predicted octanol–water partition coefficient (Wildman–Crippen LogP) is -4.56. The number of nitrogen functional groups attached to an aromatic ring is 1. The highest BCUT2D eigenvalue weighted by Crippen LogP contribution is 2.61. The van der Waals surface area contributed by atoms with E-state index in [0.717, 1.165) is 6.33 Å². The van der Waals surface area contributed by atoms with E-state index in [-0.39, 0.29) is 17.0 Å². The summed E-state index contributed by atoms with van der Waals surface area (Å²) in [6.45, 7) is -1.95. The van der Waals surface area contributed by atoms with Crippen molar-refractivity contribution < 1.29 is 77.5 Å². The minimum Gasteiger partial charge on any atom is -0.394 e. The normalized spacial score (nSPS) is 36.8. The molecule has 2 aromatic heterocycles. The fourth-order valence-corrected chi connectivity index (χ4v) is 6.17. The summed E-state index contributed by atoms with van der Waals surface area (Å²) in [6, 6.07) is 0. The van der Waals surface area contributed by atoms with Crippen LogP contribution < -0.4 is 5.73 Å². The van der Waals surface area contributed by atoms with E-state index < -0.39 is 90.2 Å². The highest BCUT2D eigenvalue weighted by atomic mass is 31.3. The van der Waals surface area contributed by atoms with Gasteiger partial charge in [-0.05, 0) is 0 Å². The third-order valence-corrected chi connectivity index (χ3v) is 8.62. The van der Waals surface area contributed by atoms with Crippen molar-refractivity contribution in [1.82, 2.24) is 19.5 Å². The summed E-state index contributed by atoms with van der Waals surface area (Å²) in [7, 11) is -11.2. The van der Waals surface area contributed by atoms with Crippen molar-refractivity contribution in [3.8, 4) is 0 Å². The van der Waals surface area contributed by atoms with Crippen molar-refractivity contribution in [3.05, 3.63) is 12.7 Å². The van der Waals surface area contributed by atoms with E-state index in [1.54, 1.807) is 0 Å². The molecular weight excluding hydrogens is 592 g/mol. The molecule has 0 bridgehead atoms. The number of imidazole rings is 1. The lowest BCUT2D eigenvalue weighted by Crippen LogP contribution is -2.61. The first-order chi connectivity index (χ1) is 18.7. The van der Waals surface area contributed by atoms with Gasteiger partial charge in [0.1, 0.15) is 60.7 Å². The molecule has 12 atom stereocenters. The molecule has 0 amide bonds. The molecule has 2 fully saturated rings. The average molecular weight is 619 g/mol. The van der Waals surface area contributed by atoms with Crippen LogP contribution in [0, 0.1) is 0 Å². The minimum absolute atomic E-state index is 0.0302. The molecule has 0 saturated carbocycles. The summed E-state index contributed by atoms with van der Waals surface area (Å²) in [5.41, 5.74) is 6.03. The SMILES string of the molecule is Nc1ncnc2c1ncn2[C@@H]1O[C@H](COP(=O)(O)OP(=O)(O)OC2O[C@@H]([C@H](O)CO)[C@@H](O)[C@@H](O)[C@@H]2O)[C@@H](O)[C@H]1O. The zero-order valence-electron chi connectivity index (χ0n) is 20.0. The molecule has 11 N–H and O–H groups in total. The Labute approximate surface area is 223 Å². The Bertz CT molecular complexity index is 1290. The van der Waals surface area contributed by atoms with Gasteiger partial charge in [0.2, 0.25) is 0 Å². The molecule has 0 radical (unpaired) electrons. The van der Waals surface area contributed by atoms with Gasteiger partial charge in [-0.1, -0.05) is 0 Å². The fourth-order valence-electron chi connectivity index (χ4n) is 4.01. The monoisotopic (exact) mass is 619 g/mol. The highest BCUT2D eigenvalue weighted by Gasteiger charge is 2.51. The molecule has 0 aliphatic carbocycles. The van der Waals surface area contributed by atoms with Crippen LogP contribution in [0.3, 0.4) is 0 Å². The van der Waals surface area contributed by atoms with E-state index in [2.05, 4.69) is 28.3 Å². The van der Waals surface area contributed by atoms with Crippen molar-refractivity contribution in [2.75, 3.05) is 18.9 Å². The van der Waals surface area contributed by atoms with Crippen LogP contribution in [-0.4, -0.2) is 133 Å². The number of fused-ring (bicyclic) bond motifs is 1. The molecule has 40 heavy (non-hydrogen) atoms. The number of hydrogen-bond donors (Lipinski definition) is 10. The van der Waals surface area contributed by atoms with Crippen molar-refractivity contribution >= 4 is 32.6 Å². The number of nitrogens with two attached hydrogens (primary N) is 1. The van der Waals surface area contributed by atoms with Crippen LogP contribution in [0.5, 0.6) is 0 Å². The molecule has 2 saturated heterocycles. The Hall–Kier alpha value is -1.75. The predicted molar refractivity (Wildman–Crippen MR) is 123 cm³/mol. The molecule has 4 rings (SSSR count). The zero-order valence-corrected chi connectivity index (χ0v) is 21.8. The van der Waals surface area contributed by atoms with Crippen molar-refractivity contribution in [2.45, 2.75) is 61.3 Å². The first kappa shape index (κ1) is 31.2. The van der Waals surface area contributed by atoms with E-state index in [1.807, 2.05) is 0 Å². The highest BCUT2D eigenvalue weighted by molar-refractivity contribution is 7.61. The number of aromatic nitrogens is 4. The van der Waals surface area contributed by atoms with Gasteiger partial charge in [0, 0.05) is 0 Å². The molecule has 2 aliphatic rings. The minimum atomic E-state index is -5.65. The average Bonchev–Trinajstić information content (AvgIpc) is 3.43. The molecule has 0 aromatic carbocycles. The van der Waals surface area contributed by atoms with Crippen LogP contribution in [-0.2, 0) is 32.0 Å². The van der Waals surface area contributed by atoms with Gasteiger partial charge in [0.15, 0.2) is 24.0 Å². The largest absolute Gasteiger partial charge is 0.483 e. The topological polar surface area (TPSA) is 332 Å². The standard InChI is InChI=1S/C17H27N5O16P2/c18-14-7-15(20-3-19-14)22(4-21-7)16-11(28)8(25)6(35-16)2-34-39(30,31)38-40(32,33)37-17-12(29)9(26)10(27)13(36-17)5(24)1-23/h3-6,8-13,16-17,23-29H,1-2H2,(H,30,31)(H,32,33)(H2,18,19,20)/t5-,6-,8-,9-,10+,11-,12+,13+,16-,17?/m1/s1. The van der Waals surface area contributed by atoms with E-state index in [9.17, 15) is 49.6 Å². The van der Waals surface area contributed by atoms with Crippen LogP contribution in [0.2, 0.25) is 0 Å². The second-order valence-electron chi connectivity index (χ2n) is 8.74. The number of phosphoric acid groups is 2. The summed E-state index contributed by atoms with van der Waals surface area (Å²) in [6.07, 6.45) is -16.0. The van der Waals surface area contributed by atoms with E-state index in [1.165, 1.54) is 10.9 Å². The summed E-state index contributed by atoms with van der Waals surface area (Å²) in [5, 5.41) is 69.3. The lowest BCUT2D eigenvalue weighted by molar-refractivity contribution is -0.292. The molecule has 23 heteroatoms. The van der Waals surface area contributed by atoms with Crippen LogP contribution in [0.4, 0.5) is 5.82 Å². The molecule has 0 spiro atoms. The second kappa shape index (κ2) is 11.9. The van der Waals surface area contributed by atoms with Gasteiger partial charge < -0.3 is 60.7 Å². The van der Waals surface area contributed by atoms with E-state index in [4.69, 9.17) is 20.3 Å². The number of aliphatic hydroxyl groups excluding tert-OH is 7. The Morgan fingerprint density at radius 1 is 0.975 bits per heavy atom. The number of anilines is 1. The number of ether oxygens (including phenoxy) is 2. The summed E-state index contributed by atoms with van der Waals surface area (Å²) < 4.78 is 49.6. The Morgan fingerprint density at radius 2 is 1.68 bits per heavy atom. The van der Waals surface area contributed by atoms with Gasteiger partial charge in [-0.15, -0.1) is 0 Å². The summed E-state index contributed by atoms with van der Waals surface area (Å²) in [5.74, 6) is 0.0302. The maximum Gasteiger partial charge on any atom is 0.483 e. The van der Waals surface area contributed by atoms with Crippen molar-refractivity contribution in [2.24, 2.45) is 0 Å². The number of phosphoric ester groups is 2. The van der Waals surface area contributed by atoms with Crippen LogP contribution in [0.25, 0.3) is 11.2 Å².